The minimum Gasteiger partial charge on any atom is -0.352 e. The van der Waals surface area contributed by atoms with Gasteiger partial charge in [0, 0.05) is 48.9 Å². The molecule has 2 bridgehead atoms. The number of hydrogen-bond acceptors (Lipinski definition) is 8. The standard InChI is InChI=1S/C19H24N10/c1-12-7-17(26-25-12)23-16-10-18-27-21-11-29(18)19(24-16)22-13-8-14-3-4-15(9-13)28(14)6-2-5-20/h7,10-11,13-15H,2-4,6,8-9H2,1H3,(H,22,24)(H2,23,25,26)/t13-,14-,15?/m0/s1. The molecule has 3 N–H and O–H groups in total. The first-order valence-corrected chi connectivity index (χ1v) is 10.1. The average Bonchev–Trinajstić information content (AvgIpc) is 3.39. The van der Waals surface area contributed by atoms with Crippen molar-refractivity contribution >= 4 is 23.2 Å². The zero-order valence-electron chi connectivity index (χ0n) is 16.3. The number of H-pyrrole nitrogens is 1. The number of piperidine rings is 1. The third-order valence-corrected chi connectivity index (χ3v) is 5.96. The smallest absolute Gasteiger partial charge is 0.212 e. The highest BCUT2D eigenvalue weighted by Gasteiger charge is 2.40. The Kier molecular flexibility index (Phi) is 4.52. The molecule has 2 fully saturated rings. The van der Waals surface area contributed by atoms with Gasteiger partial charge in [0.15, 0.2) is 11.5 Å². The molecular formula is C19H24N10. The molecule has 3 aromatic rings. The molecule has 5 heterocycles. The highest BCUT2D eigenvalue weighted by atomic mass is 15.3. The Labute approximate surface area is 168 Å². The molecule has 0 saturated carbocycles. The third kappa shape index (κ3) is 3.49. The summed E-state index contributed by atoms with van der Waals surface area (Å²) in [5, 5.41) is 31.2. The first-order chi connectivity index (χ1) is 14.2. The highest BCUT2D eigenvalue weighted by molar-refractivity contribution is 5.60. The van der Waals surface area contributed by atoms with Crippen LogP contribution in [0.3, 0.4) is 0 Å². The normalized spacial score (nSPS) is 23.9. The number of nitrogens with one attached hydrogen (secondary N) is 3. The van der Waals surface area contributed by atoms with Gasteiger partial charge in [0.2, 0.25) is 5.95 Å². The van der Waals surface area contributed by atoms with Crippen LogP contribution in [0.15, 0.2) is 18.5 Å². The van der Waals surface area contributed by atoms with Crippen molar-refractivity contribution in [2.24, 2.45) is 0 Å². The zero-order chi connectivity index (χ0) is 19.8. The van der Waals surface area contributed by atoms with Crippen LogP contribution in [-0.2, 0) is 0 Å². The van der Waals surface area contributed by atoms with Gasteiger partial charge >= 0.3 is 0 Å². The molecule has 5 rings (SSSR count). The molecule has 150 valence electrons. The molecule has 2 aliphatic rings. The lowest BCUT2D eigenvalue weighted by atomic mass is 9.97. The Balaban J connectivity index is 1.35. The number of rotatable bonds is 6. The van der Waals surface area contributed by atoms with Crippen molar-refractivity contribution in [3.63, 3.8) is 0 Å². The maximum atomic E-state index is 8.93. The summed E-state index contributed by atoms with van der Waals surface area (Å²) in [4.78, 5) is 7.29. The molecule has 0 amide bonds. The molecular weight excluding hydrogens is 368 g/mol. The quantitative estimate of drug-likeness (QED) is 0.583. The van der Waals surface area contributed by atoms with E-state index in [1.54, 1.807) is 6.33 Å². The van der Waals surface area contributed by atoms with E-state index in [2.05, 4.69) is 42.0 Å². The van der Waals surface area contributed by atoms with Crippen molar-refractivity contribution in [3.05, 3.63) is 24.2 Å². The Morgan fingerprint density at radius 3 is 2.79 bits per heavy atom. The van der Waals surface area contributed by atoms with Crippen LogP contribution in [0, 0.1) is 18.3 Å². The van der Waals surface area contributed by atoms with Gasteiger partial charge in [0.05, 0.1) is 6.07 Å². The van der Waals surface area contributed by atoms with Crippen LogP contribution >= 0.6 is 0 Å². The predicted octanol–water partition coefficient (Wildman–Crippen LogP) is 2.22. The van der Waals surface area contributed by atoms with E-state index >= 15 is 0 Å². The number of aryl methyl sites for hydroxylation is 1. The summed E-state index contributed by atoms with van der Waals surface area (Å²) in [6.07, 6.45) is 6.83. The minimum absolute atomic E-state index is 0.340. The van der Waals surface area contributed by atoms with Gasteiger partial charge in [-0.1, -0.05) is 0 Å². The number of anilines is 3. The lowest BCUT2D eigenvalue weighted by Gasteiger charge is -2.39. The van der Waals surface area contributed by atoms with E-state index in [1.165, 1.54) is 12.8 Å². The molecule has 0 aliphatic carbocycles. The van der Waals surface area contributed by atoms with Crippen LogP contribution in [0.4, 0.5) is 17.6 Å². The number of aromatic nitrogens is 6. The molecule has 2 aliphatic heterocycles. The fraction of sp³-hybridized carbons (Fsp3) is 0.526. The number of aromatic amines is 1. The van der Waals surface area contributed by atoms with E-state index in [9.17, 15) is 0 Å². The molecule has 1 unspecified atom stereocenters. The number of fused-ring (bicyclic) bond motifs is 3. The second kappa shape index (κ2) is 7.33. The largest absolute Gasteiger partial charge is 0.352 e. The van der Waals surface area contributed by atoms with Crippen molar-refractivity contribution < 1.29 is 0 Å². The molecule has 0 spiro atoms. The maximum absolute atomic E-state index is 8.93. The monoisotopic (exact) mass is 392 g/mol. The van der Waals surface area contributed by atoms with Gasteiger partial charge in [0.25, 0.3) is 0 Å². The van der Waals surface area contributed by atoms with Crippen LogP contribution < -0.4 is 10.6 Å². The van der Waals surface area contributed by atoms with Gasteiger partial charge in [-0.05, 0) is 32.6 Å². The first kappa shape index (κ1) is 17.9. The summed E-state index contributed by atoms with van der Waals surface area (Å²) >= 11 is 0. The summed E-state index contributed by atoms with van der Waals surface area (Å²) in [6.45, 7) is 2.84. The van der Waals surface area contributed by atoms with Gasteiger partial charge in [-0.25, -0.2) is 0 Å². The summed E-state index contributed by atoms with van der Waals surface area (Å²) in [5.41, 5.74) is 1.71. The van der Waals surface area contributed by atoms with Gasteiger partial charge in [-0.2, -0.15) is 15.3 Å². The lowest BCUT2D eigenvalue weighted by Crippen LogP contribution is -2.47. The molecule has 10 nitrogen and oxygen atoms in total. The summed E-state index contributed by atoms with van der Waals surface area (Å²) < 4.78 is 1.88. The molecule has 0 aromatic carbocycles. The number of hydrogen-bond donors (Lipinski definition) is 3. The second-order valence-electron chi connectivity index (χ2n) is 7.93. The fourth-order valence-corrected chi connectivity index (χ4v) is 4.73. The Morgan fingerprint density at radius 1 is 1.24 bits per heavy atom. The molecule has 29 heavy (non-hydrogen) atoms. The van der Waals surface area contributed by atoms with Crippen LogP contribution in [0.1, 0.15) is 37.8 Å². The van der Waals surface area contributed by atoms with E-state index < -0.39 is 0 Å². The van der Waals surface area contributed by atoms with Crippen LogP contribution in [0.2, 0.25) is 0 Å². The van der Waals surface area contributed by atoms with E-state index in [4.69, 9.17) is 10.2 Å². The minimum atomic E-state index is 0.340. The van der Waals surface area contributed by atoms with Crippen molar-refractivity contribution in [2.45, 2.75) is 57.2 Å². The highest BCUT2D eigenvalue weighted by Crippen LogP contribution is 2.36. The number of nitrogens with zero attached hydrogens (tertiary/aromatic N) is 7. The molecule has 3 aromatic heterocycles. The Hall–Kier alpha value is -3.19. The van der Waals surface area contributed by atoms with Gasteiger partial charge in [-0.15, -0.1) is 10.2 Å². The molecule has 2 saturated heterocycles. The molecule has 3 atom stereocenters. The lowest BCUT2D eigenvalue weighted by molar-refractivity contribution is 0.135. The van der Waals surface area contributed by atoms with Crippen molar-refractivity contribution in [3.8, 4) is 6.07 Å². The van der Waals surface area contributed by atoms with Gasteiger partial charge in [-0.3, -0.25) is 14.4 Å². The molecule has 10 heteroatoms. The topological polar surface area (TPSA) is 123 Å². The van der Waals surface area contributed by atoms with Gasteiger partial charge < -0.3 is 10.6 Å². The van der Waals surface area contributed by atoms with Gasteiger partial charge in [0.1, 0.15) is 12.1 Å². The van der Waals surface area contributed by atoms with Crippen molar-refractivity contribution in [1.82, 2.24) is 34.7 Å². The van der Waals surface area contributed by atoms with Crippen LogP contribution in [0.25, 0.3) is 5.65 Å². The SMILES string of the molecule is Cc1cc(Nc2cc3nncn3c(N[C@@H]3CC4CC[C@@H](C3)N4CCC#N)n2)n[nH]1. The van der Waals surface area contributed by atoms with Crippen LogP contribution in [0.5, 0.6) is 0 Å². The summed E-state index contributed by atoms with van der Waals surface area (Å²) in [6, 6.07) is 7.50. The van der Waals surface area contributed by atoms with Crippen molar-refractivity contribution in [1.29, 1.82) is 5.26 Å². The maximum Gasteiger partial charge on any atom is 0.212 e. The van der Waals surface area contributed by atoms with E-state index in [1.807, 2.05) is 23.5 Å². The number of nitriles is 1. The summed E-state index contributed by atoms with van der Waals surface area (Å²) in [5.74, 6) is 2.12. The third-order valence-electron chi connectivity index (χ3n) is 5.96. The fourth-order valence-electron chi connectivity index (χ4n) is 4.73. The zero-order valence-corrected chi connectivity index (χ0v) is 16.3. The van der Waals surface area contributed by atoms with E-state index in [0.29, 0.717) is 36.2 Å². The van der Waals surface area contributed by atoms with E-state index in [-0.39, 0.29) is 0 Å². The first-order valence-electron chi connectivity index (χ1n) is 10.1. The summed E-state index contributed by atoms with van der Waals surface area (Å²) in [7, 11) is 0. The van der Waals surface area contributed by atoms with Crippen molar-refractivity contribution in [2.75, 3.05) is 17.2 Å². The predicted molar refractivity (Wildman–Crippen MR) is 108 cm³/mol. The Morgan fingerprint density at radius 2 is 2.07 bits per heavy atom. The molecule has 0 radical (unpaired) electrons. The van der Waals surface area contributed by atoms with Crippen LogP contribution in [-0.4, -0.2) is 59.3 Å². The second-order valence-corrected chi connectivity index (χ2v) is 7.93. The Bertz CT molecular complexity index is 1030. The van der Waals surface area contributed by atoms with E-state index in [0.717, 1.165) is 36.7 Å². The average molecular weight is 392 g/mol.